The fraction of sp³-hybridized carbons (Fsp3) is 0.200. The van der Waals surface area contributed by atoms with Crippen LogP contribution in [0.15, 0.2) is 36.5 Å². The molecule has 3 N–H and O–H groups in total. The Bertz CT molecular complexity index is 685. The zero-order valence-electron chi connectivity index (χ0n) is 11.1. The van der Waals surface area contributed by atoms with Crippen LogP contribution in [0.5, 0.6) is 0 Å². The Morgan fingerprint density at radius 2 is 2.20 bits per heavy atom. The van der Waals surface area contributed by atoms with E-state index in [1.807, 2.05) is 18.2 Å². The minimum Gasteiger partial charge on any atom is -0.478 e. The monoisotopic (exact) mass is 269 g/mol. The highest BCUT2D eigenvalue weighted by atomic mass is 16.4. The minimum absolute atomic E-state index is 0.0894. The van der Waals surface area contributed by atoms with Gasteiger partial charge in [0.1, 0.15) is 5.82 Å². The van der Waals surface area contributed by atoms with Crippen LogP contribution in [0.25, 0.3) is 0 Å². The summed E-state index contributed by atoms with van der Waals surface area (Å²) < 4.78 is 0. The Labute approximate surface area is 116 Å². The maximum Gasteiger partial charge on any atom is 0.337 e. The third kappa shape index (κ3) is 1.87. The number of anilines is 3. The van der Waals surface area contributed by atoms with Crippen LogP contribution in [0, 0.1) is 0 Å². The summed E-state index contributed by atoms with van der Waals surface area (Å²) in [6, 6.07) is 9.87. The first-order chi connectivity index (χ1) is 9.58. The van der Waals surface area contributed by atoms with Gasteiger partial charge in [0.25, 0.3) is 0 Å². The predicted octanol–water partition coefficient (Wildman–Crippen LogP) is 2.44. The van der Waals surface area contributed by atoms with E-state index in [4.69, 9.17) is 10.8 Å². The molecular weight excluding hydrogens is 254 g/mol. The van der Waals surface area contributed by atoms with Gasteiger partial charge in [-0.1, -0.05) is 18.2 Å². The molecule has 5 nitrogen and oxygen atoms in total. The Kier molecular flexibility index (Phi) is 2.82. The molecule has 0 saturated carbocycles. The van der Waals surface area contributed by atoms with Crippen molar-refractivity contribution in [2.24, 2.45) is 0 Å². The van der Waals surface area contributed by atoms with Gasteiger partial charge in [0.05, 0.1) is 17.4 Å². The van der Waals surface area contributed by atoms with Crippen molar-refractivity contribution in [2.75, 3.05) is 10.6 Å². The number of hydrogen-bond acceptors (Lipinski definition) is 4. The molecule has 0 radical (unpaired) electrons. The van der Waals surface area contributed by atoms with Crippen molar-refractivity contribution in [1.82, 2.24) is 4.98 Å². The SMILES string of the molecule is CC1Cc2ccccc2N1c1cc(C(=O)O)c(N)cn1. The molecule has 0 aliphatic carbocycles. The molecule has 0 spiro atoms. The zero-order valence-corrected chi connectivity index (χ0v) is 11.1. The normalized spacial score (nSPS) is 17.1. The standard InChI is InChI=1S/C15H15N3O2/c1-9-6-10-4-2-3-5-13(10)18(9)14-7-11(15(19)20)12(16)8-17-14/h2-5,7-9H,6,16H2,1H3,(H,19,20). The van der Waals surface area contributed by atoms with Gasteiger partial charge in [-0.2, -0.15) is 0 Å². The number of fused-ring (bicyclic) bond motifs is 1. The molecule has 0 fully saturated rings. The third-order valence-electron chi connectivity index (χ3n) is 3.60. The Hall–Kier alpha value is -2.56. The first-order valence-electron chi connectivity index (χ1n) is 6.44. The van der Waals surface area contributed by atoms with E-state index in [1.165, 1.54) is 17.8 Å². The van der Waals surface area contributed by atoms with Gasteiger partial charge in [0.15, 0.2) is 0 Å². The quantitative estimate of drug-likeness (QED) is 0.875. The summed E-state index contributed by atoms with van der Waals surface area (Å²) in [6.07, 6.45) is 2.33. The molecule has 1 aliphatic rings. The van der Waals surface area contributed by atoms with Crippen molar-refractivity contribution in [3.63, 3.8) is 0 Å². The molecule has 2 heterocycles. The summed E-state index contributed by atoms with van der Waals surface area (Å²) in [5, 5.41) is 9.17. The van der Waals surface area contributed by atoms with Gasteiger partial charge in [-0.25, -0.2) is 9.78 Å². The average Bonchev–Trinajstić information content (AvgIpc) is 2.75. The number of pyridine rings is 1. The molecule has 1 aliphatic heterocycles. The van der Waals surface area contributed by atoms with E-state index < -0.39 is 5.97 Å². The molecule has 3 rings (SSSR count). The van der Waals surface area contributed by atoms with E-state index in [2.05, 4.69) is 22.9 Å². The highest BCUT2D eigenvalue weighted by molar-refractivity contribution is 5.94. The van der Waals surface area contributed by atoms with E-state index in [0.29, 0.717) is 5.82 Å². The van der Waals surface area contributed by atoms with Gasteiger partial charge in [-0.05, 0) is 31.0 Å². The zero-order chi connectivity index (χ0) is 14.3. The number of carboxylic acid groups (broad SMARTS) is 1. The lowest BCUT2D eigenvalue weighted by atomic mass is 10.1. The van der Waals surface area contributed by atoms with E-state index in [-0.39, 0.29) is 17.3 Å². The second-order valence-corrected chi connectivity index (χ2v) is 4.99. The molecule has 1 aromatic heterocycles. The Morgan fingerprint density at radius 3 is 2.95 bits per heavy atom. The average molecular weight is 269 g/mol. The molecule has 1 unspecified atom stereocenters. The van der Waals surface area contributed by atoms with Crippen LogP contribution in [-0.2, 0) is 6.42 Å². The number of nitrogens with zero attached hydrogens (tertiary/aromatic N) is 2. The third-order valence-corrected chi connectivity index (χ3v) is 3.60. The van der Waals surface area contributed by atoms with Crippen molar-refractivity contribution >= 4 is 23.2 Å². The predicted molar refractivity (Wildman–Crippen MR) is 77.4 cm³/mol. The molecule has 1 aromatic carbocycles. The lowest BCUT2D eigenvalue weighted by molar-refractivity contribution is 0.0698. The molecule has 0 amide bonds. The Morgan fingerprint density at radius 1 is 1.45 bits per heavy atom. The minimum atomic E-state index is -1.04. The summed E-state index contributed by atoms with van der Waals surface area (Å²) in [6.45, 7) is 2.10. The second kappa shape index (κ2) is 4.52. The van der Waals surface area contributed by atoms with Crippen molar-refractivity contribution in [3.05, 3.63) is 47.7 Å². The fourth-order valence-electron chi connectivity index (χ4n) is 2.69. The van der Waals surface area contributed by atoms with Gasteiger partial charge in [0.2, 0.25) is 0 Å². The van der Waals surface area contributed by atoms with Crippen LogP contribution >= 0.6 is 0 Å². The molecule has 0 bridgehead atoms. The number of rotatable bonds is 2. The number of carbonyl (C=O) groups is 1. The summed E-state index contributed by atoms with van der Waals surface area (Å²) in [5.74, 6) is -0.416. The second-order valence-electron chi connectivity index (χ2n) is 4.99. The lowest BCUT2D eigenvalue weighted by Crippen LogP contribution is -2.25. The topological polar surface area (TPSA) is 79.5 Å². The molecule has 102 valence electrons. The maximum atomic E-state index is 11.2. The van der Waals surface area contributed by atoms with Crippen molar-refractivity contribution in [2.45, 2.75) is 19.4 Å². The number of hydrogen-bond donors (Lipinski definition) is 2. The van der Waals surface area contributed by atoms with Crippen LogP contribution in [0.3, 0.4) is 0 Å². The lowest BCUT2D eigenvalue weighted by Gasteiger charge is -2.24. The van der Waals surface area contributed by atoms with Crippen LogP contribution in [0.2, 0.25) is 0 Å². The molecule has 1 atom stereocenters. The van der Waals surface area contributed by atoms with Crippen molar-refractivity contribution in [3.8, 4) is 0 Å². The molecule has 20 heavy (non-hydrogen) atoms. The molecule has 2 aromatic rings. The molecule has 0 saturated heterocycles. The first-order valence-corrected chi connectivity index (χ1v) is 6.44. The summed E-state index contributed by atoms with van der Waals surface area (Å²) >= 11 is 0. The molecular formula is C15H15N3O2. The van der Waals surface area contributed by atoms with E-state index in [0.717, 1.165) is 12.1 Å². The number of nitrogen functional groups attached to an aromatic ring is 1. The van der Waals surface area contributed by atoms with Crippen molar-refractivity contribution < 1.29 is 9.90 Å². The summed E-state index contributed by atoms with van der Waals surface area (Å²) in [7, 11) is 0. The van der Waals surface area contributed by atoms with Gasteiger partial charge >= 0.3 is 5.97 Å². The number of benzene rings is 1. The van der Waals surface area contributed by atoms with E-state index >= 15 is 0 Å². The smallest absolute Gasteiger partial charge is 0.337 e. The summed E-state index contributed by atoms with van der Waals surface area (Å²) in [4.78, 5) is 17.5. The van der Waals surface area contributed by atoms with Crippen LogP contribution in [0.4, 0.5) is 17.2 Å². The van der Waals surface area contributed by atoms with Gasteiger partial charge in [-0.3, -0.25) is 0 Å². The van der Waals surface area contributed by atoms with Gasteiger partial charge < -0.3 is 15.7 Å². The van der Waals surface area contributed by atoms with Crippen LogP contribution in [-0.4, -0.2) is 22.1 Å². The van der Waals surface area contributed by atoms with E-state index in [9.17, 15) is 4.79 Å². The first kappa shape index (κ1) is 12.5. The van der Waals surface area contributed by atoms with Gasteiger partial charge in [-0.15, -0.1) is 0 Å². The van der Waals surface area contributed by atoms with Gasteiger partial charge in [0, 0.05) is 11.7 Å². The van der Waals surface area contributed by atoms with Crippen LogP contribution in [0.1, 0.15) is 22.8 Å². The largest absolute Gasteiger partial charge is 0.478 e. The fourth-order valence-corrected chi connectivity index (χ4v) is 2.69. The number of aromatic carboxylic acids is 1. The number of aromatic nitrogens is 1. The Balaban J connectivity index is 2.10. The van der Waals surface area contributed by atoms with Crippen molar-refractivity contribution in [1.29, 1.82) is 0 Å². The molecule has 5 heteroatoms. The number of nitrogens with two attached hydrogens (primary N) is 1. The number of para-hydroxylation sites is 1. The van der Waals surface area contributed by atoms with E-state index in [1.54, 1.807) is 0 Å². The highest BCUT2D eigenvalue weighted by Gasteiger charge is 2.28. The number of carboxylic acids is 1. The van der Waals surface area contributed by atoms with Crippen LogP contribution < -0.4 is 10.6 Å². The summed E-state index contributed by atoms with van der Waals surface area (Å²) in [5.41, 5.74) is 8.25. The highest BCUT2D eigenvalue weighted by Crippen LogP contribution is 2.37. The maximum absolute atomic E-state index is 11.2.